The monoisotopic (exact) mass is 374 g/mol. The molecule has 0 spiro atoms. The van der Waals surface area contributed by atoms with Crippen molar-refractivity contribution in [3.05, 3.63) is 76.4 Å². The molecule has 3 heteroatoms. The molecule has 144 valence electrons. The Balaban J connectivity index is 1.86. The maximum Gasteiger partial charge on any atom is 0.170 e. The fourth-order valence-corrected chi connectivity index (χ4v) is 3.71. The largest absolute Gasteiger partial charge is 0.484 e. The van der Waals surface area contributed by atoms with E-state index in [9.17, 15) is 4.79 Å². The molecule has 2 heterocycles. The van der Waals surface area contributed by atoms with Gasteiger partial charge in [-0.25, -0.2) is 0 Å². The fraction of sp³-hybridized carbons (Fsp3) is 0.320. The molecule has 0 saturated carbocycles. The van der Waals surface area contributed by atoms with Gasteiger partial charge in [0.1, 0.15) is 23.2 Å². The van der Waals surface area contributed by atoms with Gasteiger partial charge in [0.2, 0.25) is 0 Å². The van der Waals surface area contributed by atoms with Crippen LogP contribution in [0.4, 0.5) is 0 Å². The van der Waals surface area contributed by atoms with Gasteiger partial charge in [-0.15, -0.1) is 0 Å². The van der Waals surface area contributed by atoms with Gasteiger partial charge in [0, 0.05) is 11.1 Å². The molecule has 3 nitrogen and oxygen atoms in total. The highest BCUT2D eigenvalue weighted by Gasteiger charge is 2.34. The lowest BCUT2D eigenvalue weighted by Gasteiger charge is -2.33. The summed E-state index contributed by atoms with van der Waals surface area (Å²) in [7, 11) is 0. The first kappa shape index (κ1) is 18.5. The highest BCUT2D eigenvalue weighted by molar-refractivity contribution is 6.01. The molecule has 0 radical (unpaired) electrons. The van der Waals surface area contributed by atoms with E-state index in [1.54, 1.807) is 0 Å². The Morgan fingerprint density at radius 1 is 1.18 bits per heavy atom. The Morgan fingerprint density at radius 2 is 1.93 bits per heavy atom. The van der Waals surface area contributed by atoms with E-state index in [0.717, 1.165) is 22.4 Å². The van der Waals surface area contributed by atoms with Gasteiger partial charge in [-0.3, -0.25) is 4.79 Å². The molecule has 2 aliphatic heterocycles. The Morgan fingerprint density at radius 3 is 2.64 bits per heavy atom. The molecular formula is C25H26O3. The van der Waals surface area contributed by atoms with Crippen LogP contribution in [-0.2, 0) is 6.42 Å². The van der Waals surface area contributed by atoms with Crippen molar-refractivity contribution in [2.24, 2.45) is 0 Å². The second kappa shape index (κ2) is 6.97. The number of carbonyl (C=O) groups excluding carboxylic acids is 1. The number of hydrogen-bond acceptors (Lipinski definition) is 3. The van der Waals surface area contributed by atoms with Crippen molar-refractivity contribution in [3.63, 3.8) is 0 Å². The number of rotatable bonds is 3. The van der Waals surface area contributed by atoms with Crippen LogP contribution in [-0.4, -0.2) is 11.4 Å². The van der Waals surface area contributed by atoms with Crippen LogP contribution >= 0.6 is 0 Å². The number of allylic oxidation sites excluding steroid dienone is 2. The van der Waals surface area contributed by atoms with E-state index in [1.807, 2.05) is 56.3 Å². The summed E-state index contributed by atoms with van der Waals surface area (Å²) in [5.41, 5.74) is 4.42. The number of Topliss-reactive ketones (excluding diaryl/α,β-unsaturated/α-hetero) is 1. The molecule has 0 aliphatic carbocycles. The number of hydrogen-bond donors (Lipinski definition) is 0. The highest BCUT2D eigenvalue weighted by Crippen LogP contribution is 2.46. The van der Waals surface area contributed by atoms with Gasteiger partial charge < -0.3 is 9.47 Å². The highest BCUT2D eigenvalue weighted by atomic mass is 16.5. The minimum absolute atomic E-state index is 0.120. The van der Waals surface area contributed by atoms with E-state index in [4.69, 9.17) is 9.47 Å². The van der Waals surface area contributed by atoms with Crippen LogP contribution in [0.2, 0.25) is 0 Å². The SMILES string of the molecule is CC(C)=CCc1c2c(cc3c1O[C@H](c1ccccc1)CC3=O)C=CC(C)(C)O2. The normalized spacial score (nSPS) is 19.1. The molecule has 0 unspecified atom stereocenters. The third-order valence-electron chi connectivity index (χ3n) is 5.20. The average molecular weight is 374 g/mol. The van der Waals surface area contributed by atoms with E-state index >= 15 is 0 Å². The zero-order valence-electron chi connectivity index (χ0n) is 16.9. The third kappa shape index (κ3) is 3.49. The van der Waals surface area contributed by atoms with E-state index < -0.39 is 5.60 Å². The lowest BCUT2D eigenvalue weighted by molar-refractivity contribution is 0.0845. The van der Waals surface area contributed by atoms with Gasteiger partial charge in [-0.1, -0.05) is 48.1 Å². The van der Waals surface area contributed by atoms with Crippen molar-refractivity contribution in [1.82, 2.24) is 0 Å². The van der Waals surface area contributed by atoms with Crippen molar-refractivity contribution in [2.45, 2.75) is 52.2 Å². The molecule has 2 aliphatic rings. The zero-order chi connectivity index (χ0) is 19.9. The molecule has 1 atom stereocenters. The Labute approximate surface area is 166 Å². The van der Waals surface area contributed by atoms with Crippen LogP contribution in [0, 0.1) is 0 Å². The standard InChI is InChI=1S/C25H26O3/c1-16(2)10-11-19-23-18(12-13-25(3,4)28-23)14-20-21(26)15-22(27-24(19)20)17-8-6-5-7-9-17/h5-10,12-14,22H,11,15H2,1-4H3/t22-/m0/s1. The van der Waals surface area contributed by atoms with Crippen LogP contribution in [0.5, 0.6) is 11.5 Å². The molecule has 2 aromatic rings. The summed E-state index contributed by atoms with van der Waals surface area (Å²) in [6, 6.07) is 11.9. The Bertz CT molecular complexity index is 977. The zero-order valence-corrected chi connectivity index (χ0v) is 16.9. The number of carbonyl (C=O) groups is 1. The predicted octanol–water partition coefficient (Wildman–Crippen LogP) is 6.09. The van der Waals surface area contributed by atoms with Gasteiger partial charge in [-0.05, 0) is 51.8 Å². The van der Waals surface area contributed by atoms with Gasteiger partial charge in [0.15, 0.2) is 5.78 Å². The summed E-state index contributed by atoms with van der Waals surface area (Å²) in [4.78, 5) is 13.0. The van der Waals surface area contributed by atoms with Crippen LogP contribution in [0.15, 0.2) is 54.1 Å². The minimum atomic E-state index is -0.390. The predicted molar refractivity (Wildman–Crippen MR) is 112 cm³/mol. The Hall–Kier alpha value is -2.81. The smallest absolute Gasteiger partial charge is 0.170 e. The summed E-state index contributed by atoms with van der Waals surface area (Å²) in [6.45, 7) is 8.22. The van der Waals surface area contributed by atoms with Crippen LogP contribution in [0.3, 0.4) is 0 Å². The van der Waals surface area contributed by atoms with Gasteiger partial charge in [0.25, 0.3) is 0 Å². The number of ketones is 1. The molecule has 0 saturated heterocycles. The first-order valence-electron chi connectivity index (χ1n) is 9.80. The fourth-order valence-electron chi connectivity index (χ4n) is 3.71. The second-order valence-electron chi connectivity index (χ2n) is 8.32. The quantitative estimate of drug-likeness (QED) is 0.610. The van der Waals surface area contributed by atoms with Crippen molar-refractivity contribution in [3.8, 4) is 11.5 Å². The molecule has 2 aromatic carbocycles. The minimum Gasteiger partial charge on any atom is -0.484 e. The van der Waals surface area contributed by atoms with E-state index in [0.29, 0.717) is 24.2 Å². The maximum atomic E-state index is 13.0. The van der Waals surface area contributed by atoms with Gasteiger partial charge >= 0.3 is 0 Å². The lowest BCUT2D eigenvalue weighted by atomic mass is 9.89. The van der Waals surface area contributed by atoms with E-state index in [-0.39, 0.29) is 11.9 Å². The van der Waals surface area contributed by atoms with Crippen LogP contribution in [0.1, 0.15) is 67.3 Å². The summed E-state index contributed by atoms with van der Waals surface area (Å²) in [5.74, 6) is 1.62. The van der Waals surface area contributed by atoms with Crippen LogP contribution < -0.4 is 9.47 Å². The summed E-state index contributed by atoms with van der Waals surface area (Å²) >= 11 is 0. The summed E-state index contributed by atoms with van der Waals surface area (Å²) in [5, 5.41) is 0. The van der Waals surface area contributed by atoms with Crippen molar-refractivity contribution >= 4 is 11.9 Å². The molecule has 28 heavy (non-hydrogen) atoms. The third-order valence-corrected chi connectivity index (χ3v) is 5.20. The van der Waals surface area contributed by atoms with Crippen molar-refractivity contribution < 1.29 is 14.3 Å². The molecule has 0 amide bonds. The van der Waals surface area contributed by atoms with E-state index in [2.05, 4.69) is 26.0 Å². The molecule has 0 fully saturated rings. The molecular weight excluding hydrogens is 348 g/mol. The number of ether oxygens (including phenoxy) is 2. The number of benzene rings is 2. The van der Waals surface area contributed by atoms with Gasteiger partial charge in [0.05, 0.1) is 12.0 Å². The van der Waals surface area contributed by atoms with E-state index in [1.165, 1.54) is 5.57 Å². The van der Waals surface area contributed by atoms with Crippen molar-refractivity contribution in [1.29, 1.82) is 0 Å². The van der Waals surface area contributed by atoms with Gasteiger partial charge in [-0.2, -0.15) is 0 Å². The van der Waals surface area contributed by atoms with Crippen LogP contribution in [0.25, 0.3) is 6.08 Å². The number of fused-ring (bicyclic) bond motifs is 2. The average Bonchev–Trinajstić information content (AvgIpc) is 2.66. The summed E-state index contributed by atoms with van der Waals surface area (Å²) < 4.78 is 12.7. The molecule has 0 aromatic heterocycles. The molecule has 0 bridgehead atoms. The summed E-state index contributed by atoms with van der Waals surface area (Å²) in [6.07, 6.45) is 7.01. The first-order chi connectivity index (χ1) is 13.3. The topological polar surface area (TPSA) is 35.5 Å². The maximum absolute atomic E-state index is 13.0. The lowest BCUT2D eigenvalue weighted by Crippen LogP contribution is -2.29. The molecule has 4 rings (SSSR count). The first-order valence-corrected chi connectivity index (χ1v) is 9.80. The molecule has 0 N–H and O–H groups in total. The Kier molecular flexibility index (Phi) is 4.62. The second-order valence-corrected chi connectivity index (χ2v) is 8.32. The van der Waals surface area contributed by atoms with Crippen molar-refractivity contribution in [2.75, 3.05) is 0 Å².